The standard InChI is InChI=1S/C21H25F3N4O2/c1-13-7-14(26-8-19(30)28-11-15(29)12-28)10-27(9-13)18-5-4-17(21(22,23)24)20-16(18)3-2-6-25-20/h2-6,13-15,26,29H,7-12H2,1H3/t13-,14+/m0/s1. The maximum atomic E-state index is 13.4. The van der Waals surface area contributed by atoms with E-state index in [1.807, 2.05) is 0 Å². The SMILES string of the molecule is C[C@H]1C[C@@H](NCC(=O)N2CC(O)C2)CN(c2ccc(C(F)(F)F)c3ncccc23)C1. The van der Waals surface area contributed by atoms with Crippen molar-refractivity contribution in [1.82, 2.24) is 15.2 Å². The number of piperidine rings is 1. The monoisotopic (exact) mass is 422 g/mol. The van der Waals surface area contributed by atoms with E-state index in [9.17, 15) is 23.1 Å². The van der Waals surface area contributed by atoms with Gasteiger partial charge in [-0.15, -0.1) is 0 Å². The second-order valence-corrected chi connectivity index (χ2v) is 8.31. The number of aliphatic hydroxyl groups excluding tert-OH is 1. The quantitative estimate of drug-likeness (QED) is 0.791. The zero-order valence-corrected chi connectivity index (χ0v) is 16.7. The topological polar surface area (TPSA) is 68.7 Å². The van der Waals surface area contributed by atoms with Crippen LogP contribution in [-0.2, 0) is 11.0 Å². The van der Waals surface area contributed by atoms with Crippen LogP contribution in [0.15, 0.2) is 30.5 Å². The van der Waals surface area contributed by atoms with E-state index in [0.29, 0.717) is 30.9 Å². The Morgan fingerprint density at radius 2 is 2.00 bits per heavy atom. The van der Waals surface area contributed by atoms with Gasteiger partial charge in [0.1, 0.15) is 0 Å². The summed E-state index contributed by atoms with van der Waals surface area (Å²) < 4.78 is 40.2. The molecule has 1 aromatic carbocycles. The van der Waals surface area contributed by atoms with E-state index in [1.165, 1.54) is 12.3 Å². The van der Waals surface area contributed by atoms with Crippen LogP contribution in [0.2, 0.25) is 0 Å². The maximum absolute atomic E-state index is 13.4. The largest absolute Gasteiger partial charge is 0.418 e. The molecule has 162 valence electrons. The van der Waals surface area contributed by atoms with Crippen LogP contribution in [0.3, 0.4) is 0 Å². The Bertz CT molecular complexity index is 930. The van der Waals surface area contributed by atoms with Crippen molar-refractivity contribution >= 4 is 22.5 Å². The number of β-amino-alcohol motifs (C(OH)–C–C–N with tert-alkyl or cyclic N) is 1. The van der Waals surface area contributed by atoms with E-state index in [-0.39, 0.29) is 24.0 Å². The van der Waals surface area contributed by atoms with Gasteiger partial charge in [-0.2, -0.15) is 13.2 Å². The fourth-order valence-electron chi connectivity index (χ4n) is 4.36. The lowest BCUT2D eigenvalue weighted by Gasteiger charge is -2.40. The lowest BCUT2D eigenvalue weighted by Crippen LogP contribution is -2.57. The van der Waals surface area contributed by atoms with Crippen molar-refractivity contribution in [2.75, 3.05) is 37.6 Å². The number of hydrogen-bond donors (Lipinski definition) is 2. The number of nitrogens with one attached hydrogen (secondary N) is 1. The van der Waals surface area contributed by atoms with Crippen molar-refractivity contribution in [2.24, 2.45) is 5.92 Å². The van der Waals surface area contributed by atoms with Crippen LogP contribution in [0.25, 0.3) is 10.9 Å². The molecule has 9 heteroatoms. The Morgan fingerprint density at radius 3 is 2.70 bits per heavy atom. The van der Waals surface area contributed by atoms with Crippen molar-refractivity contribution in [3.8, 4) is 0 Å². The van der Waals surface area contributed by atoms with Crippen LogP contribution in [-0.4, -0.2) is 65.8 Å². The number of benzene rings is 1. The minimum atomic E-state index is -4.46. The summed E-state index contributed by atoms with van der Waals surface area (Å²) in [5, 5.41) is 13.1. The summed E-state index contributed by atoms with van der Waals surface area (Å²) >= 11 is 0. The molecule has 3 heterocycles. The fourth-order valence-corrected chi connectivity index (χ4v) is 4.36. The number of hydrogen-bond acceptors (Lipinski definition) is 5. The Balaban J connectivity index is 1.52. The zero-order chi connectivity index (χ0) is 21.5. The van der Waals surface area contributed by atoms with Crippen molar-refractivity contribution in [3.63, 3.8) is 0 Å². The molecule has 30 heavy (non-hydrogen) atoms. The molecule has 0 radical (unpaired) electrons. The molecular formula is C21H25F3N4O2. The van der Waals surface area contributed by atoms with Gasteiger partial charge in [-0.1, -0.05) is 6.92 Å². The summed E-state index contributed by atoms with van der Waals surface area (Å²) in [5.74, 6) is 0.264. The summed E-state index contributed by atoms with van der Waals surface area (Å²) in [7, 11) is 0. The predicted molar refractivity (Wildman–Crippen MR) is 107 cm³/mol. The fraction of sp³-hybridized carbons (Fsp3) is 0.524. The van der Waals surface area contributed by atoms with Crippen molar-refractivity contribution in [3.05, 3.63) is 36.0 Å². The van der Waals surface area contributed by atoms with E-state index in [1.54, 1.807) is 17.0 Å². The molecule has 2 N–H and O–H groups in total. The normalized spacial score (nSPS) is 23.0. The predicted octanol–water partition coefficient (Wildman–Crippen LogP) is 2.26. The third-order valence-corrected chi connectivity index (χ3v) is 5.81. The Labute approximate surface area is 172 Å². The lowest BCUT2D eigenvalue weighted by molar-refractivity contribution is -0.140. The van der Waals surface area contributed by atoms with Crippen LogP contribution in [0, 0.1) is 5.92 Å². The molecule has 1 amide bonds. The molecule has 2 fully saturated rings. The summed E-state index contributed by atoms with van der Waals surface area (Å²) in [5.41, 5.74) is -0.0534. The first kappa shape index (κ1) is 20.9. The first-order valence-corrected chi connectivity index (χ1v) is 10.1. The van der Waals surface area contributed by atoms with Crippen LogP contribution in [0.5, 0.6) is 0 Å². The third-order valence-electron chi connectivity index (χ3n) is 5.81. The Hall–Kier alpha value is -2.39. The van der Waals surface area contributed by atoms with Crippen LogP contribution >= 0.6 is 0 Å². The van der Waals surface area contributed by atoms with Gasteiger partial charge in [-0.3, -0.25) is 9.78 Å². The number of carbonyl (C=O) groups is 1. The first-order chi connectivity index (χ1) is 14.2. The second kappa shape index (κ2) is 8.03. The molecule has 2 aromatic rings. The van der Waals surface area contributed by atoms with Gasteiger partial charge < -0.3 is 20.2 Å². The number of likely N-dealkylation sites (tertiary alicyclic amines) is 1. The molecule has 0 spiro atoms. The molecule has 2 saturated heterocycles. The van der Waals surface area contributed by atoms with Gasteiger partial charge in [0.05, 0.1) is 23.7 Å². The number of aliphatic hydroxyl groups is 1. The molecule has 4 rings (SSSR count). The van der Waals surface area contributed by atoms with E-state index < -0.39 is 17.8 Å². The molecule has 2 aliphatic rings. The van der Waals surface area contributed by atoms with Crippen LogP contribution in [0.1, 0.15) is 18.9 Å². The van der Waals surface area contributed by atoms with E-state index in [2.05, 4.69) is 22.1 Å². The highest BCUT2D eigenvalue weighted by atomic mass is 19.4. The number of rotatable bonds is 4. The van der Waals surface area contributed by atoms with Crippen LogP contribution < -0.4 is 10.2 Å². The molecule has 6 nitrogen and oxygen atoms in total. The van der Waals surface area contributed by atoms with Crippen molar-refractivity contribution < 1.29 is 23.1 Å². The highest BCUT2D eigenvalue weighted by Gasteiger charge is 2.35. The van der Waals surface area contributed by atoms with Gasteiger partial charge in [0.25, 0.3) is 0 Å². The van der Waals surface area contributed by atoms with Gasteiger partial charge >= 0.3 is 6.18 Å². The van der Waals surface area contributed by atoms with Gasteiger partial charge in [-0.05, 0) is 36.6 Å². The molecule has 0 unspecified atom stereocenters. The minimum Gasteiger partial charge on any atom is -0.389 e. The number of amides is 1. The summed E-state index contributed by atoms with van der Waals surface area (Å²) in [6.45, 7) is 4.35. The molecule has 2 atom stereocenters. The van der Waals surface area contributed by atoms with E-state index in [4.69, 9.17) is 0 Å². The van der Waals surface area contributed by atoms with Gasteiger partial charge in [-0.25, -0.2) is 0 Å². The molecule has 0 bridgehead atoms. The Kier molecular flexibility index (Phi) is 5.59. The summed E-state index contributed by atoms with van der Waals surface area (Å²) in [6.07, 6.45) is -2.64. The number of anilines is 1. The van der Waals surface area contributed by atoms with E-state index in [0.717, 1.165) is 24.7 Å². The van der Waals surface area contributed by atoms with Gasteiger partial charge in [0.15, 0.2) is 0 Å². The highest BCUT2D eigenvalue weighted by molar-refractivity contribution is 5.94. The Morgan fingerprint density at radius 1 is 1.23 bits per heavy atom. The average molecular weight is 422 g/mol. The highest BCUT2D eigenvalue weighted by Crippen LogP contribution is 2.38. The molecule has 2 aliphatic heterocycles. The number of halogens is 3. The number of pyridine rings is 1. The van der Waals surface area contributed by atoms with Crippen molar-refractivity contribution in [2.45, 2.75) is 31.7 Å². The first-order valence-electron chi connectivity index (χ1n) is 10.1. The number of carbonyl (C=O) groups excluding carboxylic acids is 1. The number of fused-ring (bicyclic) bond motifs is 1. The second-order valence-electron chi connectivity index (χ2n) is 8.31. The van der Waals surface area contributed by atoms with Crippen molar-refractivity contribution in [1.29, 1.82) is 0 Å². The molecule has 1 aromatic heterocycles. The molecular weight excluding hydrogens is 397 g/mol. The summed E-state index contributed by atoms with van der Waals surface area (Å²) in [4.78, 5) is 19.9. The lowest BCUT2D eigenvalue weighted by atomic mass is 9.94. The minimum absolute atomic E-state index is 0.0397. The number of aromatic nitrogens is 1. The van der Waals surface area contributed by atoms with E-state index >= 15 is 0 Å². The van der Waals surface area contributed by atoms with Gasteiger partial charge in [0.2, 0.25) is 5.91 Å². The zero-order valence-electron chi connectivity index (χ0n) is 16.7. The summed E-state index contributed by atoms with van der Waals surface area (Å²) in [6, 6.07) is 5.99. The maximum Gasteiger partial charge on any atom is 0.418 e. The number of nitrogens with zero attached hydrogens (tertiary/aromatic N) is 3. The van der Waals surface area contributed by atoms with Gasteiger partial charge in [0, 0.05) is 49.5 Å². The van der Waals surface area contributed by atoms with Crippen LogP contribution in [0.4, 0.5) is 18.9 Å². The molecule has 0 aliphatic carbocycles. The number of alkyl halides is 3. The third kappa shape index (κ3) is 4.22. The smallest absolute Gasteiger partial charge is 0.389 e. The molecule has 0 saturated carbocycles. The average Bonchev–Trinajstić information content (AvgIpc) is 2.67.